The zero-order valence-corrected chi connectivity index (χ0v) is 14.2. The fourth-order valence-electron chi connectivity index (χ4n) is 3.37. The van der Waals surface area contributed by atoms with Gasteiger partial charge in [-0.25, -0.2) is 4.79 Å². The molecule has 24 heavy (non-hydrogen) atoms. The van der Waals surface area contributed by atoms with Crippen LogP contribution < -0.4 is 5.32 Å². The van der Waals surface area contributed by atoms with Crippen LogP contribution in [-0.4, -0.2) is 41.7 Å². The van der Waals surface area contributed by atoms with Crippen molar-refractivity contribution in [3.63, 3.8) is 0 Å². The monoisotopic (exact) mass is 332 g/mol. The highest BCUT2D eigenvalue weighted by Gasteiger charge is 2.28. The average Bonchev–Trinajstić information content (AvgIpc) is 3.17. The van der Waals surface area contributed by atoms with Gasteiger partial charge >= 0.3 is 5.97 Å². The van der Waals surface area contributed by atoms with Gasteiger partial charge < -0.3 is 15.0 Å². The molecule has 0 aliphatic heterocycles. The number of carbonyl (C=O) groups is 1. The van der Waals surface area contributed by atoms with Crippen LogP contribution in [0.5, 0.6) is 0 Å². The van der Waals surface area contributed by atoms with Crippen molar-refractivity contribution in [1.82, 2.24) is 29.9 Å². The summed E-state index contributed by atoms with van der Waals surface area (Å²) >= 11 is 0. The van der Waals surface area contributed by atoms with Crippen molar-refractivity contribution in [2.45, 2.75) is 65.2 Å². The van der Waals surface area contributed by atoms with Gasteiger partial charge in [0.2, 0.25) is 0 Å². The predicted molar refractivity (Wildman–Crippen MR) is 87.8 cm³/mol. The van der Waals surface area contributed by atoms with Crippen LogP contribution in [0, 0.1) is 0 Å². The molecule has 130 valence electrons. The second-order valence-electron chi connectivity index (χ2n) is 6.16. The molecule has 8 nitrogen and oxygen atoms in total. The maximum absolute atomic E-state index is 11.5. The van der Waals surface area contributed by atoms with E-state index in [2.05, 4.69) is 32.1 Å². The van der Waals surface area contributed by atoms with Gasteiger partial charge in [0.25, 0.3) is 0 Å². The fourth-order valence-corrected chi connectivity index (χ4v) is 3.37. The van der Waals surface area contributed by atoms with Crippen LogP contribution >= 0.6 is 0 Å². The lowest BCUT2D eigenvalue weighted by Crippen LogP contribution is -2.35. The molecule has 8 heteroatoms. The standard InChI is InChI=1S/C16H24N6O2/c1-3-7-21-10-18-19-14(21)9-17-11-5-6-13-12(8-11)15(16(23)24)20-22(13)4-2/h10-11,17H,3-9H2,1-2H3,(H,23,24). The van der Waals surface area contributed by atoms with E-state index in [1.165, 1.54) is 0 Å². The molecule has 2 heterocycles. The zero-order valence-electron chi connectivity index (χ0n) is 14.2. The van der Waals surface area contributed by atoms with Crippen LogP contribution in [0.3, 0.4) is 0 Å². The van der Waals surface area contributed by atoms with Crippen LogP contribution in [0.2, 0.25) is 0 Å². The van der Waals surface area contributed by atoms with Gasteiger partial charge in [-0.2, -0.15) is 5.10 Å². The summed E-state index contributed by atoms with van der Waals surface area (Å²) in [6.45, 7) is 6.37. The van der Waals surface area contributed by atoms with Gasteiger partial charge in [-0.05, 0) is 32.6 Å². The third-order valence-electron chi connectivity index (χ3n) is 4.56. The van der Waals surface area contributed by atoms with Gasteiger partial charge in [0.1, 0.15) is 12.2 Å². The number of carboxylic acids is 1. The van der Waals surface area contributed by atoms with E-state index in [0.717, 1.165) is 42.9 Å². The Labute approximate surface area is 140 Å². The van der Waals surface area contributed by atoms with Crippen molar-refractivity contribution < 1.29 is 9.90 Å². The van der Waals surface area contributed by atoms with Crippen LogP contribution in [0.4, 0.5) is 0 Å². The number of fused-ring (bicyclic) bond motifs is 1. The molecule has 1 atom stereocenters. The summed E-state index contributed by atoms with van der Waals surface area (Å²) < 4.78 is 3.88. The molecule has 2 aromatic heterocycles. The topological polar surface area (TPSA) is 97.9 Å². The molecular weight excluding hydrogens is 308 g/mol. The summed E-state index contributed by atoms with van der Waals surface area (Å²) in [6.07, 6.45) is 5.31. The van der Waals surface area contributed by atoms with E-state index < -0.39 is 5.97 Å². The fraction of sp³-hybridized carbons (Fsp3) is 0.625. The van der Waals surface area contributed by atoms with Crippen molar-refractivity contribution in [1.29, 1.82) is 0 Å². The minimum absolute atomic E-state index is 0.201. The summed E-state index contributed by atoms with van der Waals surface area (Å²) in [4.78, 5) is 11.5. The zero-order chi connectivity index (χ0) is 17.1. The van der Waals surface area contributed by atoms with Crippen LogP contribution in [0.15, 0.2) is 6.33 Å². The van der Waals surface area contributed by atoms with Gasteiger partial charge in [-0.15, -0.1) is 10.2 Å². The lowest BCUT2D eigenvalue weighted by molar-refractivity contribution is 0.0688. The third-order valence-corrected chi connectivity index (χ3v) is 4.56. The van der Waals surface area contributed by atoms with Crippen molar-refractivity contribution in [2.24, 2.45) is 0 Å². The molecule has 0 bridgehead atoms. The first kappa shape index (κ1) is 16.6. The van der Waals surface area contributed by atoms with Crippen molar-refractivity contribution in [3.05, 3.63) is 29.1 Å². The van der Waals surface area contributed by atoms with E-state index in [-0.39, 0.29) is 11.7 Å². The Kier molecular flexibility index (Phi) is 4.94. The lowest BCUT2D eigenvalue weighted by Gasteiger charge is -2.24. The summed E-state index contributed by atoms with van der Waals surface area (Å²) in [5.41, 5.74) is 2.15. The average molecular weight is 332 g/mol. The first-order chi connectivity index (χ1) is 11.6. The molecule has 0 saturated carbocycles. The molecule has 2 N–H and O–H groups in total. The number of aryl methyl sites for hydroxylation is 2. The largest absolute Gasteiger partial charge is 0.476 e. The van der Waals surface area contributed by atoms with Gasteiger partial charge in [-0.1, -0.05) is 6.92 Å². The number of aromatic nitrogens is 5. The third kappa shape index (κ3) is 3.19. The highest BCUT2D eigenvalue weighted by atomic mass is 16.4. The molecule has 1 unspecified atom stereocenters. The summed E-state index contributed by atoms with van der Waals surface area (Å²) in [6, 6.07) is 0.233. The van der Waals surface area contributed by atoms with Crippen molar-refractivity contribution in [2.75, 3.05) is 0 Å². The quantitative estimate of drug-likeness (QED) is 0.792. The summed E-state index contributed by atoms with van der Waals surface area (Å²) in [7, 11) is 0. The van der Waals surface area contributed by atoms with Crippen molar-refractivity contribution >= 4 is 5.97 Å². The number of rotatable bonds is 7. The molecule has 1 aliphatic rings. The van der Waals surface area contributed by atoms with Crippen LogP contribution in [0.25, 0.3) is 0 Å². The van der Waals surface area contributed by atoms with Crippen molar-refractivity contribution in [3.8, 4) is 0 Å². The molecule has 0 saturated heterocycles. The van der Waals surface area contributed by atoms with E-state index in [0.29, 0.717) is 19.5 Å². The van der Waals surface area contributed by atoms with E-state index >= 15 is 0 Å². The van der Waals surface area contributed by atoms with E-state index in [9.17, 15) is 9.90 Å². The smallest absolute Gasteiger partial charge is 0.356 e. The molecule has 2 aromatic rings. The predicted octanol–water partition coefficient (Wildman–Crippen LogP) is 1.25. The molecule has 0 aromatic carbocycles. The maximum Gasteiger partial charge on any atom is 0.356 e. The highest BCUT2D eigenvalue weighted by molar-refractivity contribution is 5.87. The Bertz CT molecular complexity index is 720. The minimum atomic E-state index is -0.943. The number of hydrogen-bond acceptors (Lipinski definition) is 5. The van der Waals surface area contributed by atoms with Gasteiger partial charge in [-0.3, -0.25) is 4.68 Å². The second kappa shape index (κ2) is 7.12. The molecule has 0 radical (unpaired) electrons. The van der Waals surface area contributed by atoms with E-state index in [1.807, 2.05) is 11.6 Å². The Balaban J connectivity index is 1.70. The van der Waals surface area contributed by atoms with Gasteiger partial charge in [0.05, 0.1) is 6.54 Å². The lowest BCUT2D eigenvalue weighted by atomic mass is 9.91. The molecule has 1 aliphatic carbocycles. The molecule has 3 rings (SSSR count). The number of nitrogens with one attached hydrogen (secondary N) is 1. The molecule has 0 amide bonds. The van der Waals surface area contributed by atoms with E-state index in [4.69, 9.17) is 0 Å². The Morgan fingerprint density at radius 1 is 1.46 bits per heavy atom. The minimum Gasteiger partial charge on any atom is -0.476 e. The highest BCUT2D eigenvalue weighted by Crippen LogP contribution is 2.25. The number of hydrogen-bond donors (Lipinski definition) is 2. The summed E-state index contributed by atoms with van der Waals surface area (Å²) in [5, 5.41) is 25.3. The first-order valence-corrected chi connectivity index (χ1v) is 8.55. The Morgan fingerprint density at radius 3 is 3.00 bits per heavy atom. The maximum atomic E-state index is 11.5. The Morgan fingerprint density at radius 2 is 2.29 bits per heavy atom. The molecular formula is C16H24N6O2. The number of nitrogens with zero attached hydrogens (tertiary/aromatic N) is 5. The summed E-state index contributed by atoms with van der Waals surface area (Å²) in [5.74, 6) is -0.0212. The normalized spacial score (nSPS) is 17.0. The number of carboxylic acid groups (broad SMARTS) is 1. The molecule has 0 spiro atoms. The number of aromatic carboxylic acids is 1. The van der Waals surface area contributed by atoms with Gasteiger partial charge in [0.15, 0.2) is 5.69 Å². The first-order valence-electron chi connectivity index (χ1n) is 8.55. The molecule has 0 fully saturated rings. The van der Waals surface area contributed by atoms with Crippen LogP contribution in [-0.2, 0) is 32.5 Å². The SMILES string of the molecule is CCCn1cnnc1CNC1CCc2c(c(C(=O)O)nn2CC)C1. The van der Waals surface area contributed by atoms with Gasteiger partial charge in [0, 0.05) is 30.4 Å². The van der Waals surface area contributed by atoms with E-state index in [1.54, 1.807) is 6.33 Å². The second-order valence-corrected chi connectivity index (χ2v) is 6.16. The Hall–Kier alpha value is -2.22. The van der Waals surface area contributed by atoms with Crippen LogP contribution in [0.1, 0.15) is 54.3 Å².